The number of nitrogens with one attached hydrogen (secondary N) is 1. The van der Waals surface area contributed by atoms with Gasteiger partial charge in [-0.25, -0.2) is 4.79 Å². The van der Waals surface area contributed by atoms with E-state index >= 15 is 0 Å². The molecule has 0 aliphatic rings. The van der Waals surface area contributed by atoms with Crippen LogP contribution >= 0.6 is 0 Å². The lowest BCUT2D eigenvalue weighted by molar-refractivity contribution is -0.155. The van der Waals surface area contributed by atoms with Gasteiger partial charge in [-0.1, -0.05) is 19.9 Å². The van der Waals surface area contributed by atoms with E-state index < -0.39 is 18.0 Å². The number of nitrogens with zero attached hydrogens (tertiary/aromatic N) is 2. The smallest absolute Gasteiger partial charge is 0.344 e. The number of benzene rings is 1. The van der Waals surface area contributed by atoms with Gasteiger partial charge in [-0.2, -0.15) is 5.10 Å². The zero-order chi connectivity index (χ0) is 21.0. The van der Waals surface area contributed by atoms with Gasteiger partial charge in [0, 0.05) is 7.05 Å². The number of amides is 1. The molecule has 2 aromatic rings. The van der Waals surface area contributed by atoms with Crippen LogP contribution in [0.5, 0.6) is 5.75 Å². The van der Waals surface area contributed by atoms with Crippen LogP contribution in [0.2, 0.25) is 0 Å². The van der Waals surface area contributed by atoms with Crippen molar-refractivity contribution < 1.29 is 19.1 Å². The van der Waals surface area contributed by atoms with Crippen LogP contribution in [-0.4, -0.2) is 34.4 Å². The first-order chi connectivity index (χ1) is 13.1. The molecule has 1 N–H and O–H groups in total. The summed E-state index contributed by atoms with van der Waals surface area (Å²) in [5.41, 5.74) is 4.51. The molecule has 0 aliphatic heterocycles. The van der Waals surface area contributed by atoms with E-state index in [1.54, 1.807) is 18.7 Å². The standard InChI is InChI=1S/C21H29N3O4/c1-12(2)18-9-8-17(10-13(18)3)27-11-19(25)28-16(6)21(26)22-20-14(4)23-24(7)15(20)5/h8-10,12,16H,11H2,1-7H3,(H,22,26)/t16-/m0/s1. The molecule has 0 saturated carbocycles. The third-order valence-corrected chi connectivity index (χ3v) is 4.65. The molecule has 0 fully saturated rings. The topological polar surface area (TPSA) is 82.4 Å². The Morgan fingerprint density at radius 2 is 1.86 bits per heavy atom. The molecule has 0 radical (unpaired) electrons. The lowest BCUT2D eigenvalue weighted by Crippen LogP contribution is -2.32. The number of esters is 1. The predicted octanol–water partition coefficient (Wildman–Crippen LogP) is 3.42. The highest BCUT2D eigenvalue weighted by Gasteiger charge is 2.21. The zero-order valence-electron chi connectivity index (χ0n) is 17.6. The summed E-state index contributed by atoms with van der Waals surface area (Å²) in [7, 11) is 1.80. The molecule has 0 unspecified atom stereocenters. The minimum Gasteiger partial charge on any atom is -0.482 e. The maximum atomic E-state index is 12.3. The van der Waals surface area contributed by atoms with Crippen LogP contribution in [0.15, 0.2) is 18.2 Å². The van der Waals surface area contributed by atoms with E-state index in [4.69, 9.17) is 9.47 Å². The molecular formula is C21H29N3O4. The minimum atomic E-state index is -0.944. The van der Waals surface area contributed by atoms with Crippen molar-refractivity contribution in [3.8, 4) is 5.75 Å². The van der Waals surface area contributed by atoms with Crippen molar-refractivity contribution in [2.45, 2.75) is 53.6 Å². The van der Waals surface area contributed by atoms with Crippen LogP contribution in [0.4, 0.5) is 5.69 Å². The fourth-order valence-corrected chi connectivity index (χ4v) is 2.99. The largest absolute Gasteiger partial charge is 0.482 e. The number of aryl methyl sites for hydroxylation is 3. The molecule has 0 spiro atoms. The molecule has 28 heavy (non-hydrogen) atoms. The number of rotatable bonds is 7. The van der Waals surface area contributed by atoms with Gasteiger partial charge in [0.25, 0.3) is 5.91 Å². The number of hydrogen-bond acceptors (Lipinski definition) is 5. The van der Waals surface area contributed by atoms with E-state index in [0.29, 0.717) is 23.0 Å². The Morgan fingerprint density at radius 1 is 1.18 bits per heavy atom. The summed E-state index contributed by atoms with van der Waals surface area (Å²) >= 11 is 0. The second kappa shape index (κ2) is 8.91. The monoisotopic (exact) mass is 387 g/mol. The first-order valence-corrected chi connectivity index (χ1v) is 9.34. The number of aromatic nitrogens is 2. The van der Waals surface area contributed by atoms with Gasteiger partial charge in [0.05, 0.1) is 17.1 Å². The first kappa shape index (κ1) is 21.5. The Labute approximate surface area is 166 Å². The number of carbonyl (C=O) groups is 2. The maximum Gasteiger partial charge on any atom is 0.344 e. The molecule has 7 heteroatoms. The van der Waals surface area contributed by atoms with E-state index in [-0.39, 0.29) is 6.61 Å². The average Bonchev–Trinajstić information content (AvgIpc) is 2.85. The highest BCUT2D eigenvalue weighted by Crippen LogP contribution is 2.23. The van der Waals surface area contributed by atoms with E-state index in [9.17, 15) is 9.59 Å². The number of carbonyl (C=O) groups excluding carboxylic acids is 2. The number of hydrogen-bond donors (Lipinski definition) is 1. The van der Waals surface area contributed by atoms with Crippen molar-refractivity contribution in [2.24, 2.45) is 7.05 Å². The van der Waals surface area contributed by atoms with Crippen molar-refractivity contribution in [1.29, 1.82) is 0 Å². The van der Waals surface area contributed by atoms with Gasteiger partial charge >= 0.3 is 5.97 Å². The maximum absolute atomic E-state index is 12.3. The van der Waals surface area contributed by atoms with Crippen LogP contribution in [0.25, 0.3) is 0 Å². The van der Waals surface area contributed by atoms with Crippen molar-refractivity contribution >= 4 is 17.6 Å². The molecule has 0 aliphatic carbocycles. The second-order valence-electron chi connectivity index (χ2n) is 7.25. The normalized spacial score (nSPS) is 12.0. The Kier molecular flexibility index (Phi) is 6.83. The van der Waals surface area contributed by atoms with Crippen molar-refractivity contribution in [3.05, 3.63) is 40.7 Å². The van der Waals surface area contributed by atoms with E-state index in [1.807, 2.05) is 32.0 Å². The van der Waals surface area contributed by atoms with Crippen LogP contribution in [0.1, 0.15) is 49.2 Å². The molecule has 1 amide bonds. The molecule has 2 rings (SSSR count). The van der Waals surface area contributed by atoms with E-state index in [0.717, 1.165) is 11.3 Å². The second-order valence-corrected chi connectivity index (χ2v) is 7.25. The van der Waals surface area contributed by atoms with Gasteiger partial charge in [0.15, 0.2) is 12.7 Å². The molecule has 1 aromatic carbocycles. The number of ether oxygens (including phenoxy) is 2. The third kappa shape index (κ3) is 5.12. The molecular weight excluding hydrogens is 358 g/mol. The van der Waals surface area contributed by atoms with Gasteiger partial charge in [-0.15, -0.1) is 0 Å². The lowest BCUT2D eigenvalue weighted by Gasteiger charge is -2.15. The molecule has 1 atom stereocenters. The summed E-state index contributed by atoms with van der Waals surface area (Å²) in [5, 5.41) is 7.01. The highest BCUT2D eigenvalue weighted by molar-refractivity contribution is 5.96. The molecule has 1 aromatic heterocycles. The minimum absolute atomic E-state index is 0.261. The van der Waals surface area contributed by atoms with Crippen molar-refractivity contribution in [2.75, 3.05) is 11.9 Å². The van der Waals surface area contributed by atoms with E-state index in [1.165, 1.54) is 12.5 Å². The van der Waals surface area contributed by atoms with Crippen LogP contribution in [-0.2, 0) is 21.4 Å². The fraction of sp³-hybridized carbons (Fsp3) is 0.476. The number of anilines is 1. The lowest BCUT2D eigenvalue weighted by atomic mass is 9.98. The Morgan fingerprint density at radius 3 is 2.39 bits per heavy atom. The van der Waals surface area contributed by atoms with E-state index in [2.05, 4.69) is 24.3 Å². The SMILES string of the molecule is Cc1cc(OCC(=O)O[C@@H](C)C(=O)Nc2c(C)nn(C)c2C)ccc1C(C)C. The summed E-state index contributed by atoms with van der Waals surface area (Å²) in [5.74, 6) is 0.000537. The molecule has 1 heterocycles. The molecule has 0 saturated heterocycles. The quantitative estimate of drug-likeness (QED) is 0.736. The zero-order valence-corrected chi connectivity index (χ0v) is 17.6. The predicted molar refractivity (Wildman–Crippen MR) is 108 cm³/mol. The summed E-state index contributed by atoms with van der Waals surface area (Å²) in [6.45, 7) is 11.2. The Hall–Kier alpha value is -2.83. The molecule has 0 bridgehead atoms. The van der Waals surface area contributed by atoms with Crippen LogP contribution in [0.3, 0.4) is 0 Å². The van der Waals surface area contributed by atoms with Crippen molar-refractivity contribution in [1.82, 2.24) is 9.78 Å². The van der Waals surface area contributed by atoms with Gasteiger partial charge in [-0.05, 0) is 56.9 Å². The summed E-state index contributed by atoms with van der Waals surface area (Å²) in [4.78, 5) is 24.4. The Bertz CT molecular complexity index is 871. The summed E-state index contributed by atoms with van der Waals surface area (Å²) in [6.07, 6.45) is -0.944. The summed E-state index contributed by atoms with van der Waals surface area (Å²) < 4.78 is 12.4. The average molecular weight is 387 g/mol. The summed E-state index contributed by atoms with van der Waals surface area (Å²) in [6, 6.07) is 5.72. The van der Waals surface area contributed by atoms with Gasteiger partial charge in [0.1, 0.15) is 5.75 Å². The van der Waals surface area contributed by atoms with Crippen molar-refractivity contribution in [3.63, 3.8) is 0 Å². The van der Waals surface area contributed by atoms with Gasteiger partial charge < -0.3 is 14.8 Å². The third-order valence-electron chi connectivity index (χ3n) is 4.65. The first-order valence-electron chi connectivity index (χ1n) is 9.34. The van der Waals surface area contributed by atoms with Crippen LogP contribution in [0, 0.1) is 20.8 Å². The Balaban J connectivity index is 1.88. The van der Waals surface area contributed by atoms with Crippen LogP contribution < -0.4 is 10.1 Å². The molecule has 7 nitrogen and oxygen atoms in total. The van der Waals surface area contributed by atoms with Gasteiger partial charge in [-0.3, -0.25) is 9.48 Å². The highest BCUT2D eigenvalue weighted by atomic mass is 16.6. The fourth-order valence-electron chi connectivity index (χ4n) is 2.99. The van der Waals surface area contributed by atoms with Gasteiger partial charge in [0.2, 0.25) is 0 Å². The molecule has 152 valence electrons.